The Morgan fingerprint density at radius 3 is 0.962 bits per heavy atom. The van der Waals surface area contributed by atoms with Crippen LogP contribution in [0.3, 0.4) is 0 Å². The largest absolute Gasteiger partial charge is 0.464 e. The van der Waals surface area contributed by atoms with Gasteiger partial charge < -0.3 is 33.5 Å². The molecular weight excluding hydrogens is 668 g/mol. The summed E-state index contributed by atoms with van der Waals surface area (Å²) in [5.41, 5.74) is 0. The van der Waals surface area contributed by atoms with Gasteiger partial charge in [-0.2, -0.15) is 0 Å². The van der Waals surface area contributed by atoms with Gasteiger partial charge in [0.1, 0.15) is 26.4 Å². The van der Waals surface area contributed by atoms with Crippen molar-refractivity contribution in [2.75, 3.05) is 52.9 Å². The second-order valence-corrected chi connectivity index (χ2v) is 14.1. The van der Waals surface area contributed by atoms with E-state index in [1.807, 2.05) is 0 Å². The van der Waals surface area contributed by atoms with E-state index in [0.29, 0.717) is 50.7 Å². The fraction of sp³-hybridized carbons (Fsp3) is 0.902. The second kappa shape index (κ2) is 37.1. The molecule has 0 aromatic carbocycles. The highest BCUT2D eigenvalue weighted by Crippen LogP contribution is 2.22. The van der Waals surface area contributed by atoms with Crippen molar-refractivity contribution in [2.24, 2.45) is 11.8 Å². The van der Waals surface area contributed by atoms with Gasteiger partial charge in [-0.15, -0.1) is 0 Å². The van der Waals surface area contributed by atoms with Crippen molar-refractivity contribution in [3.05, 3.63) is 0 Å². The Balaban J connectivity index is 3.86. The minimum absolute atomic E-state index is 0.119. The maximum absolute atomic E-state index is 12.0. The molecule has 0 aromatic heterocycles. The number of aliphatic hydroxyl groups excluding tert-OH is 1. The maximum Gasteiger partial charge on any atom is 0.332 e. The first-order valence-corrected chi connectivity index (χ1v) is 20.7. The van der Waals surface area contributed by atoms with Gasteiger partial charge in [0.25, 0.3) is 0 Å². The molecule has 0 aromatic rings. The summed E-state index contributed by atoms with van der Waals surface area (Å²) in [6.45, 7) is 8.48. The summed E-state index contributed by atoms with van der Waals surface area (Å²) in [6, 6.07) is 0. The Hall–Kier alpha value is -2.24. The summed E-state index contributed by atoms with van der Waals surface area (Å²) in [4.78, 5) is 47.8. The van der Waals surface area contributed by atoms with Crippen LogP contribution in [0.2, 0.25) is 0 Å². The van der Waals surface area contributed by atoms with Crippen molar-refractivity contribution >= 4 is 23.9 Å². The third kappa shape index (κ3) is 33.6. The molecule has 1 N–H and O–H groups in total. The summed E-state index contributed by atoms with van der Waals surface area (Å²) < 4.78 is 31.2. The maximum atomic E-state index is 12.0. The summed E-state index contributed by atoms with van der Waals surface area (Å²) in [6.07, 6.45) is 22.0. The van der Waals surface area contributed by atoms with Crippen LogP contribution in [0.25, 0.3) is 0 Å². The van der Waals surface area contributed by atoms with Crippen molar-refractivity contribution in [3.8, 4) is 0 Å². The first-order chi connectivity index (χ1) is 25.2. The Labute approximate surface area is 315 Å². The van der Waals surface area contributed by atoms with E-state index in [1.54, 1.807) is 0 Å². The van der Waals surface area contributed by atoms with Gasteiger partial charge in [0.15, 0.2) is 0 Å². The van der Waals surface area contributed by atoms with Crippen molar-refractivity contribution in [2.45, 2.75) is 175 Å². The molecule has 306 valence electrons. The van der Waals surface area contributed by atoms with E-state index in [0.717, 1.165) is 12.8 Å². The highest BCUT2D eigenvalue weighted by molar-refractivity contribution is 5.73. The lowest BCUT2D eigenvalue weighted by Gasteiger charge is -2.16. The highest BCUT2D eigenvalue weighted by atomic mass is 16.6. The molecule has 0 unspecified atom stereocenters. The van der Waals surface area contributed by atoms with Gasteiger partial charge >= 0.3 is 23.9 Å². The summed E-state index contributed by atoms with van der Waals surface area (Å²) >= 11 is 0. The van der Waals surface area contributed by atoms with Gasteiger partial charge in [0, 0.05) is 0 Å². The predicted octanol–water partition coefficient (Wildman–Crippen LogP) is 8.45. The molecule has 52 heavy (non-hydrogen) atoms. The minimum Gasteiger partial charge on any atom is -0.464 e. The molecule has 0 amide bonds. The van der Waals surface area contributed by atoms with Crippen LogP contribution in [-0.4, -0.2) is 87.9 Å². The summed E-state index contributed by atoms with van der Waals surface area (Å²) in [7, 11) is 0. The lowest BCUT2D eigenvalue weighted by molar-refractivity contribution is -0.157. The normalized spacial score (nSPS) is 11.4. The molecule has 0 aliphatic carbocycles. The van der Waals surface area contributed by atoms with Gasteiger partial charge in [-0.25, -0.2) is 19.2 Å². The average molecular weight is 745 g/mol. The van der Waals surface area contributed by atoms with Crippen molar-refractivity contribution in [1.29, 1.82) is 0 Å². The molecule has 11 heteroatoms. The van der Waals surface area contributed by atoms with Crippen LogP contribution in [0.15, 0.2) is 0 Å². The number of hydrogen-bond acceptors (Lipinski definition) is 11. The first-order valence-electron chi connectivity index (χ1n) is 20.7. The van der Waals surface area contributed by atoms with E-state index in [1.165, 1.54) is 103 Å². The Morgan fingerprint density at radius 2 is 0.673 bits per heavy atom. The zero-order valence-electron chi connectivity index (χ0n) is 33.5. The van der Waals surface area contributed by atoms with Gasteiger partial charge in [-0.3, -0.25) is 0 Å². The monoisotopic (exact) mass is 745 g/mol. The fourth-order valence-corrected chi connectivity index (χ4v) is 6.03. The third-order valence-electron chi connectivity index (χ3n) is 9.21. The van der Waals surface area contributed by atoms with E-state index in [4.69, 9.17) is 28.4 Å². The van der Waals surface area contributed by atoms with Gasteiger partial charge in [0.2, 0.25) is 0 Å². The molecule has 0 atom stereocenters. The number of carbonyl (C=O) groups is 4. The molecule has 0 spiro atoms. The number of unbranched alkanes of at least 4 members (excludes halogenated alkanes) is 8. The van der Waals surface area contributed by atoms with Crippen LogP contribution in [0.4, 0.5) is 0 Å². The van der Waals surface area contributed by atoms with Crippen LogP contribution in [0, 0.1) is 11.8 Å². The molecule has 0 bridgehead atoms. The second-order valence-electron chi connectivity index (χ2n) is 14.1. The van der Waals surface area contributed by atoms with Crippen LogP contribution in [0.5, 0.6) is 0 Å². The smallest absolute Gasteiger partial charge is 0.332 e. The van der Waals surface area contributed by atoms with Crippen molar-refractivity contribution in [1.82, 2.24) is 0 Å². The number of esters is 4. The van der Waals surface area contributed by atoms with E-state index in [2.05, 4.69) is 27.7 Å². The molecule has 0 heterocycles. The molecular formula is C41H76O11. The van der Waals surface area contributed by atoms with Crippen molar-refractivity contribution < 1.29 is 52.7 Å². The Kier molecular flexibility index (Phi) is 35.5. The zero-order chi connectivity index (χ0) is 38.5. The van der Waals surface area contributed by atoms with Gasteiger partial charge in [-0.05, 0) is 50.4 Å². The van der Waals surface area contributed by atoms with E-state index in [-0.39, 0.29) is 39.6 Å². The highest BCUT2D eigenvalue weighted by Gasteiger charge is 2.14. The number of ether oxygens (including phenoxy) is 6. The average Bonchev–Trinajstić information content (AvgIpc) is 3.12. The SMILES string of the molecule is CCCCCC(CCCCC)CCOC(=O)COCC(=O)OCCCC(O)CCCOC(=O)COCC(=O)OCCC(CCCCC)CCCCC. The molecule has 0 aliphatic rings. The number of rotatable bonds is 38. The topological polar surface area (TPSA) is 144 Å². The molecule has 0 aliphatic heterocycles. The quantitative estimate of drug-likeness (QED) is 0.0369. The van der Waals surface area contributed by atoms with E-state index < -0.39 is 30.0 Å². The zero-order valence-corrected chi connectivity index (χ0v) is 33.5. The van der Waals surface area contributed by atoms with Gasteiger partial charge in [-0.1, -0.05) is 130 Å². The molecule has 11 nitrogen and oxygen atoms in total. The first kappa shape index (κ1) is 49.8. The van der Waals surface area contributed by atoms with Gasteiger partial charge in [0.05, 0.1) is 32.5 Å². The van der Waals surface area contributed by atoms with Crippen LogP contribution >= 0.6 is 0 Å². The van der Waals surface area contributed by atoms with Crippen LogP contribution < -0.4 is 0 Å². The van der Waals surface area contributed by atoms with E-state index >= 15 is 0 Å². The minimum atomic E-state index is -0.634. The van der Waals surface area contributed by atoms with Crippen LogP contribution in [0.1, 0.15) is 169 Å². The Morgan fingerprint density at radius 1 is 0.385 bits per heavy atom. The lowest BCUT2D eigenvalue weighted by atomic mass is 9.92. The summed E-state index contributed by atoms with van der Waals surface area (Å²) in [5.74, 6) is -0.997. The standard InChI is InChI=1S/C41H76O11/c1-5-9-13-19-35(20-14-10-6-2)25-29-51-40(45)33-47-31-38(43)49-27-17-23-37(42)24-18-28-50-39(44)32-48-34-41(46)52-30-26-36(21-15-11-7-3)22-16-12-8-4/h35-37,42H,5-34H2,1-4H3. The number of carbonyl (C=O) groups excluding carboxylic acids is 4. The number of aliphatic hydroxyl groups is 1. The molecule has 0 saturated heterocycles. The molecule has 0 radical (unpaired) electrons. The molecule has 0 rings (SSSR count). The lowest BCUT2D eigenvalue weighted by Crippen LogP contribution is -2.20. The number of hydrogen-bond donors (Lipinski definition) is 1. The van der Waals surface area contributed by atoms with E-state index in [9.17, 15) is 24.3 Å². The molecule has 0 saturated carbocycles. The van der Waals surface area contributed by atoms with Crippen LogP contribution in [-0.2, 0) is 47.6 Å². The predicted molar refractivity (Wildman–Crippen MR) is 203 cm³/mol. The third-order valence-corrected chi connectivity index (χ3v) is 9.21. The molecule has 0 fully saturated rings. The Bertz CT molecular complexity index is 778. The fourth-order valence-electron chi connectivity index (χ4n) is 6.03. The summed E-state index contributed by atoms with van der Waals surface area (Å²) in [5, 5.41) is 10.2. The van der Waals surface area contributed by atoms with Crippen molar-refractivity contribution in [3.63, 3.8) is 0 Å².